The van der Waals surface area contributed by atoms with Crippen molar-refractivity contribution in [3.05, 3.63) is 63.4 Å². The van der Waals surface area contributed by atoms with Gasteiger partial charge in [-0.05, 0) is 68.0 Å². The van der Waals surface area contributed by atoms with Crippen molar-refractivity contribution in [1.29, 1.82) is 0 Å². The van der Waals surface area contributed by atoms with Crippen LogP contribution in [0.2, 0.25) is 0 Å². The zero-order valence-corrected chi connectivity index (χ0v) is 19.6. The molecule has 2 aliphatic rings. The molecule has 3 aromatic rings. The number of ether oxygens (including phenoxy) is 2. The minimum atomic E-state index is -4.64. The van der Waals surface area contributed by atoms with Crippen LogP contribution >= 0.6 is 0 Å². The summed E-state index contributed by atoms with van der Waals surface area (Å²) in [5.74, 6) is 1.05. The molecule has 6 nitrogen and oxygen atoms in total. The summed E-state index contributed by atoms with van der Waals surface area (Å²) in [7, 11) is 3.05. The second-order valence-electron chi connectivity index (χ2n) is 8.87. The summed E-state index contributed by atoms with van der Waals surface area (Å²) >= 11 is 0. The molecular formula is C26H26F3N3O3. The second-order valence-corrected chi connectivity index (χ2v) is 8.87. The average Bonchev–Trinajstić information content (AvgIpc) is 3.56. The van der Waals surface area contributed by atoms with Crippen LogP contribution in [-0.2, 0) is 19.0 Å². The number of aromatic nitrogens is 2. The van der Waals surface area contributed by atoms with Gasteiger partial charge in [0.25, 0.3) is 5.56 Å². The number of hydrogen-bond donors (Lipinski definition) is 0. The first-order chi connectivity index (χ1) is 16.8. The first-order valence-electron chi connectivity index (χ1n) is 11.6. The van der Waals surface area contributed by atoms with Crippen LogP contribution in [0.15, 0.2) is 41.2 Å². The van der Waals surface area contributed by atoms with Crippen molar-refractivity contribution in [1.82, 2.24) is 9.78 Å². The summed E-state index contributed by atoms with van der Waals surface area (Å²) in [6.45, 7) is 1.54. The Labute approximate surface area is 200 Å². The summed E-state index contributed by atoms with van der Waals surface area (Å²) < 4.78 is 53.9. The molecule has 0 spiro atoms. The molecule has 1 aromatic heterocycles. The molecular weight excluding hydrogens is 459 g/mol. The molecule has 0 radical (unpaired) electrons. The molecule has 5 rings (SSSR count). The van der Waals surface area contributed by atoms with Crippen LogP contribution in [-0.4, -0.2) is 37.1 Å². The molecule has 0 unspecified atom stereocenters. The van der Waals surface area contributed by atoms with Gasteiger partial charge in [0, 0.05) is 36.0 Å². The standard InChI is InChI=1S/C26H26F3N3O3/c1-34-18-12-16(13-19(15-18)35-2)24-20-6-5-7-21(20)25(33)32(30-24)23-14-17(31-10-3-4-11-31)8-9-22(23)26(27,28)29/h8-9,12-15H,3-7,10-11H2,1-2H3. The predicted octanol–water partition coefficient (Wildman–Crippen LogP) is 5.02. The molecule has 1 fully saturated rings. The van der Waals surface area contributed by atoms with E-state index in [2.05, 4.69) is 5.10 Å². The van der Waals surface area contributed by atoms with E-state index in [9.17, 15) is 18.0 Å². The Morgan fingerprint density at radius 2 is 1.54 bits per heavy atom. The van der Waals surface area contributed by atoms with Crippen LogP contribution in [0.25, 0.3) is 16.9 Å². The summed E-state index contributed by atoms with van der Waals surface area (Å²) in [6.07, 6.45) is -0.807. The van der Waals surface area contributed by atoms with E-state index in [1.54, 1.807) is 18.2 Å². The number of nitrogens with zero attached hydrogens (tertiary/aromatic N) is 3. The van der Waals surface area contributed by atoms with E-state index in [4.69, 9.17) is 9.47 Å². The highest BCUT2D eigenvalue weighted by atomic mass is 19.4. The van der Waals surface area contributed by atoms with Gasteiger partial charge < -0.3 is 14.4 Å². The zero-order valence-electron chi connectivity index (χ0n) is 19.6. The number of halogens is 3. The molecule has 1 aliphatic carbocycles. The molecule has 1 aliphatic heterocycles. The minimum Gasteiger partial charge on any atom is -0.497 e. The van der Waals surface area contributed by atoms with Crippen LogP contribution in [0, 0.1) is 0 Å². The normalized spacial score (nSPS) is 15.4. The van der Waals surface area contributed by atoms with E-state index >= 15 is 0 Å². The van der Waals surface area contributed by atoms with Crippen LogP contribution in [0.4, 0.5) is 18.9 Å². The van der Waals surface area contributed by atoms with Crippen molar-refractivity contribution in [2.45, 2.75) is 38.3 Å². The topological polar surface area (TPSA) is 56.6 Å². The Morgan fingerprint density at radius 1 is 0.886 bits per heavy atom. The molecule has 0 atom stereocenters. The third-order valence-corrected chi connectivity index (χ3v) is 6.77. The van der Waals surface area contributed by atoms with Gasteiger partial charge in [-0.25, -0.2) is 0 Å². The van der Waals surface area contributed by atoms with Gasteiger partial charge in [0.1, 0.15) is 11.5 Å². The Kier molecular flexibility index (Phi) is 5.94. The van der Waals surface area contributed by atoms with Crippen molar-refractivity contribution < 1.29 is 22.6 Å². The van der Waals surface area contributed by atoms with Gasteiger partial charge in [0.15, 0.2) is 0 Å². The smallest absolute Gasteiger partial charge is 0.418 e. The lowest BCUT2D eigenvalue weighted by atomic mass is 10.0. The van der Waals surface area contributed by atoms with Gasteiger partial charge in [-0.2, -0.15) is 23.0 Å². The second kappa shape index (κ2) is 8.94. The molecule has 2 aromatic carbocycles. The minimum absolute atomic E-state index is 0.252. The SMILES string of the molecule is COc1cc(OC)cc(-c2nn(-c3cc(N4CCCC4)ccc3C(F)(F)F)c(=O)c3c2CCC3)c1. The fourth-order valence-electron chi connectivity index (χ4n) is 5.02. The first-order valence-corrected chi connectivity index (χ1v) is 11.6. The molecule has 184 valence electrons. The maximum absolute atomic E-state index is 14.1. The molecule has 0 amide bonds. The van der Waals surface area contributed by atoms with Gasteiger partial charge in [-0.15, -0.1) is 0 Å². The number of rotatable bonds is 5. The van der Waals surface area contributed by atoms with E-state index in [0.29, 0.717) is 46.8 Å². The Hall–Kier alpha value is -3.49. The number of benzene rings is 2. The first kappa shape index (κ1) is 23.3. The molecule has 1 saturated heterocycles. The molecule has 0 saturated carbocycles. The fourth-order valence-corrected chi connectivity index (χ4v) is 5.02. The van der Waals surface area contributed by atoms with Crippen molar-refractivity contribution in [2.24, 2.45) is 0 Å². The Bertz CT molecular complexity index is 1310. The molecule has 35 heavy (non-hydrogen) atoms. The van der Waals surface area contributed by atoms with Crippen molar-refractivity contribution in [3.63, 3.8) is 0 Å². The predicted molar refractivity (Wildman–Crippen MR) is 127 cm³/mol. The largest absolute Gasteiger partial charge is 0.497 e. The Balaban J connectivity index is 1.77. The average molecular weight is 486 g/mol. The molecule has 9 heteroatoms. The maximum atomic E-state index is 14.1. The van der Waals surface area contributed by atoms with Crippen LogP contribution in [0.5, 0.6) is 11.5 Å². The van der Waals surface area contributed by atoms with Gasteiger partial charge in [0.05, 0.1) is 31.2 Å². The van der Waals surface area contributed by atoms with E-state index < -0.39 is 17.3 Å². The molecule has 0 N–H and O–H groups in total. The monoisotopic (exact) mass is 485 g/mol. The van der Waals surface area contributed by atoms with Gasteiger partial charge in [-0.3, -0.25) is 4.79 Å². The van der Waals surface area contributed by atoms with E-state index in [-0.39, 0.29) is 5.69 Å². The highest BCUT2D eigenvalue weighted by Crippen LogP contribution is 2.38. The van der Waals surface area contributed by atoms with E-state index in [1.165, 1.54) is 26.4 Å². The molecule has 0 bridgehead atoms. The zero-order chi connectivity index (χ0) is 24.7. The van der Waals surface area contributed by atoms with Crippen molar-refractivity contribution in [3.8, 4) is 28.4 Å². The number of anilines is 1. The quantitative estimate of drug-likeness (QED) is 0.508. The number of methoxy groups -OCH3 is 2. The van der Waals surface area contributed by atoms with Crippen LogP contribution in [0.3, 0.4) is 0 Å². The van der Waals surface area contributed by atoms with Crippen molar-refractivity contribution >= 4 is 5.69 Å². The summed E-state index contributed by atoms with van der Waals surface area (Å²) in [5.41, 5.74) is 1.39. The summed E-state index contributed by atoms with van der Waals surface area (Å²) in [6, 6.07) is 9.19. The van der Waals surface area contributed by atoms with Gasteiger partial charge in [-0.1, -0.05) is 0 Å². The fraction of sp³-hybridized carbons (Fsp3) is 0.385. The van der Waals surface area contributed by atoms with Crippen molar-refractivity contribution in [2.75, 3.05) is 32.2 Å². The number of alkyl halides is 3. The van der Waals surface area contributed by atoms with Crippen LogP contribution < -0.4 is 19.9 Å². The highest BCUT2D eigenvalue weighted by molar-refractivity contribution is 5.69. The lowest BCUT2D eigenvalue weighted by molar-refractivity contribution is -0.137. The third kappa shape index (κ3) is 4.24. The highest BCUT2D eigenvalue weighted by Gasteiger charge is 2.36. The van der Waals surface area contributed by atoms with E-state index in [0.717, 1.165) is 48.7 Å². The lowest BCUT2D eigenvalue weighted by Crippen LogP contribution is -2.28. The third-order valence-electron chi connectivity index (χ3n) is 6.77. The number of fused-ring (bicyclic) bond motifs is 1. The summed E-state index contributed by atoms with van der Waals surface area (Å²) in [5, 5.41) is 4.55. The lowest BCUT2D eigenvalue weighted by Gasteiger charge is -2.22. The maximum Gasteiger partial charge on any atom is 0.418 e. The molecule has 2 heterocycles. The van der Waals surface area contributed by atoms with Gasteiger partial charge in [0.2, 0.25) is 0 Å². The number of hydrogen-bond acceptors (Lipinski definition) is 5. The summed E-state index contributed by atoms with van der Waals surface area (Å²) in [4.78, 5) is 15.5. The van der Waals surface area contributed by atoms with Gasteiger partial charge >= 0.3 is 6.18 Å². The van der Waals surface area contributed by atoms with Crippen LogP contribution in [0.1, 0.15) is 36.0 Å². The van der Waals surface area contributed by atoms with E-state index in [1.807, 2.05) is 4.90 Å². The Morgan fingerprint density at radius 3 is 2.17 bits per heavy atom.